The van der Waals surface area contributed by atoms with E-state index < -0.39 is 0 Å². The maximum absolute atomic E-state index is 12.2. The first-order chi connectivity index (χ1) is 8.74. The van der Waals surface area contributed by atoms with Gasteiger partial charge in [-0.3, -0.25) is 4.79 Å². The number of likely N-dealkylation sites (tertiary alicyclic amines) is 1. The zero-order valence-electron chi connectivity index (χ0n) is 10.7. The number of nitrogens with zero attached hydrogens (tertiary/aromatic N) is 1. The minimum absolute atomic E-state index is 0.164. The van der Waals surface area contributed by atoms with E-state index in [2.05, 4.69) is 5.32 Å². The molecule has 0 bridgehead atoms. The molecule has 0 aromatic heterocycles. The molecule has 2 saturated heterocycles. The number of aliphatic hydroxyl groups excluding tert-OH is 1. The van der Waals surface area contributed by atoms with Crippen LogP contribution in [-0.4, -0.2) is 60.9 Å². The molecule has 3 fully saturated rings. The van der Waals surface area contributed by atoms with Crippen molar-refractivity contribution in [2.45, 2.75) is 31.4 Å². The minimum atomic E-state index is -0.191. The van der Waals surface area contributed by atoms with Crippen LogP contribution in [-0.2, 0) is 9.53 Å². The number of carbonyl (C=O) groups excluding carboxylic acids is 1. The first-order valence-electron chi connectivity index (χ1n) is 7.01. The zero-order valence-corrected chi connectivity index (χ0v) is 10.7. The molecule has 1 amide bonds. The highest BCUT2D eigenvalue weighted by atomic mass is 16.5. The van der Waals surface area contributed by atoms with Crippen molar-refractivity contribution >= 4 is 5.91 Å². The Morgan fingerprint density at radius 2 is 2.28 bits per heavy atom. The van der Waals surface area contributed by atoms with Gasteiger partial charge in [0, 0.05) is 38.0 Å². The van der Waals surface area contributed by atoms with E-state index in [1.165, 1.54) is 0 Å². The van der Waals surface area contributed by atoms with E-state index in [-0.39, 0.29) is 18.1 Å². The van der Waals surface area contributed by atoms with Gasteiger partial charge >= 0.3 is 0 Å². The number of rotatable bonds is 2. The Bertz CT molecular complexity index is 317. The van der Waals surface area contributed by atoms with Crippen LogP contribution in [0.3, 0.4) is 0 Å². The molecule has 3 rings (SSSR count). The van der Waals surface area contributed by atoms with Crippen molar-refractivity contribution in [3.05, 3.63) is 0 Å². The number of morpholine rings is 1. The predicted molar refractivity (Wildman–Crippen MR) is 66.0 cm³/mol. The highest BCUT2D eigenvalue weighted by Gasteiger charge is 2.43. The molecule has 5 heteroatoms. The first kappa shape index (κ1) is 12.4. The smallest absolute Gasteiger partial charge is 0.224 e. The number of carbonyl (C=O) groups is 1. The summed E-state index contributed by atoms with van der Waals surface area (Å²) in [6.45, 7) is 3.80. The topological polar surface area (TPSA) is 61.8 Å². The fourth-order valence-corrected chi connectivity index (χ4v) is 3.53. The fraction of sp³-hybridized carbons (Fsp3) is 0.923. The van der Waals surface area contributed by atoms with Gasteiger partial charge in [-0.2, -0.15) is 0 Å². The number of ether oxygens (including phenoxy) is 1. The van der Waals surface area contributed by atoms with Crippen LogP contribution in [0, 0.1) is 11.8 Å². The van der Waals surface area contributed by atoms with Crippen molar-refractivity contribution < 1.29 is 14.6 Å². The van der Waals surface area contributed by atoms with Gasteiger partial charge in [-0.15, -0.1) is 0 Å². The molecule has 5 nitrogen and oxygen atoms in total. The van der Waals surface area contributed by atoms with Gasteiger partial charge in [-0.1, -0.05) is 0 Å². The maximum Gasteiger partial charge on any atom is 0.224 e. The van der Waals surface area contributed by atoms with E-state index in [1.807, 2.05) is 4.90 Å². The average molecular weight is 254 g/mol. The first-order valence-corrected chi connectivity index (χ1v) is 7.01. The fourth-order valence-electron chi connectivity index (χ4n) is 3.53. The van der Waals surface area contributed by atoms with Gasteiger partial charge in [0.25, 0.3) is 0 Å². The van der Waals surface area contributed by atoms with Gasteiger partial charge < -0.3 is 20.1 Å². The lowest BCUT2D eigenvalue weighted by atomic mass is 10.00. The Hall–Kier alpha value is -0.650. The maximum atomic E-state index is 12.2. The molecule has 2 N–H and O–H groups in total. The van der Waals surface area contributed by atoms with Crippen LogP contribution in [0.1, 0.15) is 19.3 Å². The van der Waals surface area contributed by atoms with Gasteiger partial charge in [-0.05, 0) is 18.8 Å². The second-order valence-electron chi connectivity index (χ2n) is 5.80. The summed E-state index contributed by atoms with van der Waals surface area (Å²) in [6, 6.07) is 0.164. The molecular formula is C13H22N2O3. The average Bonchev–Trinajstić information content (AvgIpc) is 2.93. The standard InChI is InChI=1S/C13H22N2O3/c16-12-2-1-9-6-15(7-11(9)12)13(17)5-10-8-18-4-3-14-10/h9-12,14,16H,1-8H2. The predicted octanol–water partition coefficient (Wildman–Crippen LogP) is -0.406. The van der Waals surface area contributed by atoms with Gasteiger partial charge in [0.15, 0.2) is 0 Å². The van der Waals surface area contributed by atoms with Crippen LogP contribution in [0.4, 0.5) is 0 Å². The van der Waals surface area contributed by atoms with E-state index in [9.17, 15) is 9.90 Å². The van der Waals surface area contributed by atoms with Crippen molar-refractivity contribution in [3.8, 4) is 0 Å². The third-order valence-corrected chi connectivity index (χ3v) is 4.59. The molecule has 18 heavy (non-hydrogen) atoms. The molecule has 4 atom stereocenters. The summed E-state index contributed by atoms with van der Waals surface area (Å²) in [5.74, 6) is 1.06. The molecule has 0 spiro atoms. The number of amides is 1. The minimum Gasteiger partial charge on any atom is -0.393 e. The summed E-state index contributed by atoms with van der Waals surface area (Å²) in [5.41, 5.74) is 0. The third kappa shape index (κ3) is 2.39. The highest BCUT2D eigenvalue weighted by Crippen LogP contribution is 2.38. The number of nitrogens with one attached hydrogen (secondary N) is 1. The van der Waals surface area contributed by atoms with E-state index in [1.54, 1.807) is 0 Å². The van der Waals surface area contributed by atoms with Crippen LogP contribution in [0.5, 0.6) is 0 Å². The zero-order chi connectivity index (χ0) is 12.5. The molecule has 1 saturated carbocycles. The van der Waals surface area contributed by atoms with E-state index in [4.69, 9.17) is 4.74 Å². The normalized spacial score (nSPS) is 39.9. The van der Waals surface area contributed by atoms with Crippen LogP contribution < -0.4 is 5.32 Å². The lowest BCUT2D eigenvalue weighted by Crippen LogP contribution is -2.45. The molecule has 0 radical (unpaired) electrons. The molecule has 0 aromatic carbocycles. The molecule has 4 unspecified atom stereocenters. The highest BCUT2D eigenvalue weighted by molar-refractivity contribution is 5.77. The Morgan fingerprint density at radius 1 is 1.39 bits per heavy atom. The second-order valence-corrected chi connectivity index (χ2v) is 5.80. The largest absolute Gasteiger partial charge is 0.393 e. The summed E-state index contributed by atoms with van der Waals surface area (Å²) in [7, 11) is 0. The van der Waals surface area contributed by atoms with Gasteiger partial charge in [-0.25, -0.2) is 0 Å². The Labute approximate surface area is 107 Å². The van der Waals surface area contributed by atoms with E-state index in [0.29, 0.717) is 24.9 Å². The number of hydrogen-bond donors (Lipinski definition) is 2. The molecule has 1 aliphatic carbocycles. The van der Waals surface area contributed by atoms with Gasteiger partial charge in [0.05, 0.1) is 19.3 Å². The summed E-state index contributed by atoms with van der Waals surface area (Å²) >= 11 is 0. The summed E-state index contributed by atoms with van der Waals surface area (Å²) < 4.78 is 5.36. The van der Waals surface area contributed by atoms with Gasteiger partial charge in [0.2, 0.25) is 5.91 Å². The lowest BCUT2D eigenvalue weighted by molar-refractivity contribution is -0.131. The molecule has 3 aliphatic rings. The SMILES string of the molecule is O=C(CC1COCCN1)N1CC2CCC(O)C2C1. The summed E-state index contributed by atoms with van der Waals surface area (Å²) in [4.78, 5) is 14.1. The van der Waals surface area contributed by atoms with Crippen LogP contribution in [0.15, 0.2) is 0 Å². The van der Waals surface area contributed by atoms with Crippen LogP contribution in [0.2, 0.25) is 0 Å². The van der Waals surface area contributed by atoms with Gasteiger partial charge in [0.1, 0.15) is 0 Å². The second kappa shape index (κ2) is 5.15. The van der Waals surface area contributed by atoms with Crippen LogP contribution in [0.25, 0.3) is 0 Å². The van der Waals surface area contributed by atoms with E-state index in [0.717, 1.165) is 39.1 Å². The van der Waals surface area contributed by atoms with Crippen LogP contribution >= 0.6 is 0 Å². The molecule has 0 aromatic rings. The number of fused-ring (bicyclic) bond motifs is 1. The Balaban J connectivity index is 1.51. The van der Waals surface area contributed by atoms with Crippen molar-refractivity contribution in [2.75, 3.05) is 32.8 Å². The van der Waals surface area contributed by atoms with Crippen molar-refractivity contribution in [1.29, 1.82) is 0 Å². The quantitative estimate of drug-likeness (QED) is 0.703. The van der Waals surface area contributed by atoms with Crippen molar-refractivity contribution in [1.82, 2.24) is 10.2 Å². The number of aliphatic hydroxyl groups is 1. The molecule has 2 heterocycles. The van der Waals surface area contributed by atoms with E-state index >= 15 is 0 Å². The third-order valence-electron chi connectivity index (χ3n) is 4.59. The molecule has 102 valence electrons. The molecular weight excluding hydrogens is 232 g/mol. The number of hydrogen-bond acceptors (Lipinski definition) is 4. The molecule has 2 aliphatic heterocycles. The van der Waals surface area contributed by atoms with Crippen molar-refractivity contribution in [2.24, 2.45) is 11.8 Å². The van der Waals surface area contributed by atoms with Crippen molar-refractivity contribution in [3.63, 3.8) is 0 Å². The summed E-state index contributed by atoms with van der Waals surface area (Å²) in [5, 5.41) is 13.2. The summed E-state index contributed by atoms with van der Waals surface area (Å²) in [6.07, 6.45) is 2.31. The Kier molecular flexibility index (Phi) is 3.54. The lowest BCUT2D eigenvalue weighted by Gasteiger charge is -2.26. The monoisotopic (exact) mass is 254 g/mol. The Morgan fingerprint density at radius 3 is 3.00 bits per heavy atom.